The molecule has 0 spiro atoms. The maximum Gasteiger partial charge on any atom is 0.240 e. The van der Waals surface area contributed by atoms with Gasteiger partial charge >= 0.3 is 0 Å². The zero-order chi connectivity index (χ0) is 15.7. The highest BCUT2D eigenvalue weighted by atomic mass is 35.5. The number of nitrogens with zero attached hydrogens (tertiary/aromatic N) is 2. The Morgan fingerprint density at radius 2 is 1.91 bits per heavy atom. The van der Waals surface area contributed by atoms with Crippen molar-refractivity contribution >= 4 is 23.2 Å². The third-order valence-electron chi connectivity index (χ3n) is 3.68. The first-order valence-corrected chi connectivity index (χ1v) is 7.32. The SMILES string of the molecule is CC(=O)N1N=C(c2ccccc2F)CC1c1ccccc1Cl. The van der Waals surface area contributed by atoms with Gasteiger partial charge in [-0.05, 0) is 17.7 Å². The standard InChI is InChI=1S/C17H14ClFN2O/c1-11(22)21-17(12-6-2-4-8-14(12)18)10-16(20-21)13-7-3-5-9-15(13)19/h2-9,17H,10H2,1H3. The van der Waals surface area contributed by atoms with E-state index in [-0.39, 0.29) is 17.8 Å². The van der Waals surface area contributed by atoms with Crippen LogP contribution in [0.2, 0.25) is 5.02 Å². The second-order valence-corrected chi connectivity index (χ2v) is 5.54. The van der Waals surface area contributed by atoms with Crippen molar-refractivity contribution in [2.24, 2.45) is 5.10 Å². The van der Waals surface area contributed by atoms with Gasteiger partial charge in [-0.15, -0.1) is 0 Å². The molecule has 1 unspecified atom stereocenters. The number of benzene rings is 2. The molecule has 0 aliphatic carbocycles. The lowest BCUT2D eigenvalue weighted by atomic mass is 9.98. The summed E-state index contributed by atoms with van der Waals surface area (Å²) >= 11 is 6.24. The summed E-state index contributed by atoms with van der Waals surface area (Å²) in [5.74, 6) is -0.541. The van der Waals surface area contributed by atoms with Crippen molar-refractivity contribution in [1.29, 1.82) is 0 Å². The number of amides is 1. The summed E-state index contributed by atoms with van der Waals surface area (Å²) in [5, 5.41) is 6.27. The van der Waals surface area contributed by atoms with E-state index in [0.29, 0.717) is 22.7 Å². The molecule has 1 aliphatic heterocycles. The lowest BCUT2D eigenvalue weighted by Gasteiger charge is -2.21. The summed E-state index contributed by atoms with van der Waals surface area (Å²) < 4.78 is 14.0. The normalized spacial score (nSPS) is 17.5. The van der Waals surface area contributed by atoms with Crippen LogP contribution in [0.15, 0.2) is 53.6 Å². The summed E-state index contributed by atoms with van der Waals surface area (Å²) in [4.78, 5) is 11.9. The lowest BCUT2D eigenvalue weighted by Crippen LogP contribution is -2.24. The average Bonchev–Trinajstić information content (AvgIpc) is 2.93. The molecule has 5 heteroatoms. The lowest BCUT2D eigenvalue weighted by molar-refractivity contribution is -0.130. The highest BCUT2D eigenvalue weighted by Crippen LogP contribution is 2.36. The largest absolute Gasteiger partial charge is 0.273 e. The van der Waals surface area contributed by atoms with E-state index in [0.717, 1.165) is 5.56 Å². The van der Waals surface area contributed by atoms with E-state index in [1.807, 2.05) is 18.2 Å². The topological polar surface area (TPSA) is 32.7 Å². The van der Waals surface area contributed by atoms with Crippen LogP contribution in [0.3, 0.4) is 0 Å². The summed E-state index contributed by atoms with van der Waals surface area (Å²) in [6.45, 7) is 1.44. The molecule has 1 atom stereocenters. The summed E-state index contributed by atoms with van der Waals surface area (Å²) in [5.41, 5.74) is 1.79. The number of hydrogen-bond donors (Lipinski definition) is 0. The van der Waals surface area contributed by atoms with Gasteiger partial charge in [0.2, 0.25) is 5.91 Å². The fourth-order valence-corrected chi connectivity index (χ4v) is 2.91. The summed E-state index contributed by atoms with van der Waals surface area (Å²) in [7, 11) is 0. The zero-order valence-corrected chi connectivity index (χ0v) is 12.7. The molecule has 1 aliphatic rings. The van der Waals surface area contributed by atoms with E-state index in [4.69, 9.17) is 11.6 Å². The second kappa shape index (κ2) is 5.89. The molecule has 0 radical (unpaired) electrons. The fourth-order valence-electron chi connectivity index (χ4n) is 2.65. The average molecular weight is 317 g/mol. The van der Waals surface area contributed by atoms with Crippen LogP contribution in [-0.4, -0.2) is 16.6 Å². The van der Waals surface area contributed by atoms with Gasteiger partial charge < -0.3 is 0 Å². The molecule has 3 nitrogen and oxygen atoms in total. The Bertz CT molecular complexity index is 760. The molecule has 2 aromatic carbocycles. The van der Waals surface area contributed by atoms with Gasteiger partial charge in [-0.2, -0.15) is 5.10 Å². The Labute approximate surface area is 133 Å². The Kier molecular flexibility index (Phi) is 3.94. The summed E-state index contributed by atoms with van der Waals surface area (Å²) in [6, 6.07) is 13.5. The van der Waals surface area contributed by atoms with Crippen molar-refractivity contribution < 1.29 is 9.18 Å². The van der Waals surface area contributed by atoms with Crippen molar-refractivity contribution in [3.8, 4) is 0 Å². The van der Waals surface area contributed by atoms with Gasteiger partial charge in [-0.1, -0.05) is 48.0 Å². The van der Waals surface area contributed by atoms with Gasteiger partial charge in [0, 0.05) is 23.9 Å². The zero-order valence-electron chi connectivity index (χ0n) is 12.0. The first-order chi connectivity index (χ1) is 10.6. The van der Waals surface area contributed by atoms with E-state index in [1.165, 1.54) is 18.0 Å². The smallest absolute Gasteiger partial charge is 0.240 e. The second-order valence-electron chi connectivity index (χ2n) is 5.13. The van der Waals surface area contributed by atoms with Crippen molar-refractivity contribution in [3.63, 3.8) is 0 Å². The molecule has 0 bridgehead atoms. The monoisotopic (exact) mass is 316 g/mol. The highest BCUT2D eigenvalue weighted by Gasteiger charge is 2.33. The first-order valence-electron chi connectivity index (χ1n) is 6.94. The van der Waals surface area contributed by atoms with Gasteiger partial charge in [-0.3, -0.25) is 4.79 Å². The number of halogens is 2. The van der Waals surface area contributed by atoms with Crippen LogP contribution >= 0.6 is 11.6 Å². The van der Waals surface area contributed by atoms with Crippen LogP contribution < -0.4 is 0 Å². The van der Waals surface area contributed by atoms with Crippen molar-refractivity contribution in [2.75, 3.05) is 0 Å². The minimum Gasteiger partial charge on any atom is -0.273 e. The number of hydrazone groups is 1. The van der Waals surface area contributed by atoms with Crippen LogP contribution in [0.1, 0.15) is 30.5 Å². The van der Waals surface area contributed by atoms with Crippen LogP contribution in [0, 0.1) is 5.82 Å². The van der Waals surface area contributed by atoms with E-state index >= 15 is 0 Å². The predicted molar refractivity (Wildman–Crippen MR) is 84.3 cm³/mol. The molecular formula is C17H14ClFN2O. The van der Waals surface area contributed by atoms with Crippen LogP contribution in [-0.2, 0) is 4.79 Å². The molecule has 0 N–H and O–H groups in total. The minimum absolute atomic E-state index is 0.198. The molecule has 2 aromatic rings. The number of carbonyl (C=O) groups excluding carboxylic acids is 1. The van der Waals surface area contributed by atoms with Gasteiger partial charge in [0.1, 0.15) is 5.82 Å². The van der Waals surface area contributed by atoms with E-state index < -0.39 is 0 Å². The fraction of sp³-hybridized carbons (Fsp3) is 0.176. The molecule has 0 saturated carbocycles. The van der Waals surface area contributed by atoms with Crippen molar-refractivity contribution in [3.05, 3.63) is 70.5 Å². The molecule has 22 heavy (non-hydrogen) atoms. The van der Waals surface area contributed by atoms with Crippen LogP contribution in [0.25, 0.3) is 0 Å². The third kappa shape index (κ3) is 2.62. The Morgan fingerprint density at radius 3 is 2.59 bits per heavy atom. The van der Waals surface area contributed by atoms with Gasteiger partial charge in [-0.25, -0.2) is 9.40 Å². The molecular weight excluding hydrogens is 303 g/mol. The molecule has 112 valence electrons. The Hall–Kier alpha value is -2.20. The minimum atomic E-state index is -0.343. The third-order valence-corrected chi connectivity index (χ3v) is 4.03. The van der Waals surface area contributed by atoms with E-state index in [9.17, 15) is 9.18 Å². The van der Waals surface area contributed by atoms with Gasteiger partial charge in [0.15, 0.2) is 0 Å². The molecule has 0 fully saturated rings. The number of hydrogen-bond acceptors (Lipinski definition) is 2. The van der Waals surface area contributed by atoms with Crippen molar-refractivity contribution in [1.82, 2.24) is 5.01 Å². The molecule has 0 saturated heterocycles. The molecule has 1 amide bonds. The first kappa shape index (κ1) is 14.7. The summed E-state index contributed by atoms with van der Waals surface area (Å²) in [6.07, 6.45) is 0.435. The molecule has 1 heterocycles. The maximum absolute atomic E-state index is 14.0. The van der Waals surface area contributed by atoms with E-state index in [2.05, 4.69) is 5.10 Å². The molecule has 0 aromatic heterocycles. The van der Waals surface area contributed by atoms with Gasteiger partial charge in [0.05, 0.1) is 11.8 Å². The van der Waals surface area contributed by atoms with Crippen LogP contribution in [0.5, 0.6) is 0 Å². The molecule has 3 rings (SSSR count). The highest BCUT2D eigenvalue weighted by molar-refractivity contribution is 6.31. The number of carbonyl (C=O) groups is 1. The number of rotatable bonds is 2. The van der Waals surface area contributed by atoms with Crippen LogP contribution in [0.4, 0.5) is 4.39 Å². The maximum atomic E-state index is 14.0. The van der Waals surface area contributed by atoms with E-state index in [1.54, 1.807) is 24.3 Å². The quantitative estimate of drug-likeness (QED) is 0.818. The van der Waals surface area contributed by atoms with Crippen molar-refractivity contribution in [2.45, 2.75) is 19.4 Å². The Balaban J connectivity index is 2.01. The predicted octanol–water partition coefficient (Wildman–Crippen LogP) is 4.18. The Morgan fingerprint density at radius 1 is 1.23 bits per heavy atom. The van der Waals surface area contributed by atoms with Gasteiger partial charge in [0.25, 0.3) is 0 Å².